The number of furan rings is 1. The molecule has 0 bridgehead atoms. The fraction of sp³-hybridized carbons (Fsp3) is 0. The molecule has 51 heavy (non-hydrogen) atoms. The number of aromatic nitrogens is 1. The molecule has 2 heterocycles. The van der Waals surface area contributed by atoms with Gasteiger partial charge in [0.15, 0.2) is 0 Å². The minimum absolute atomic E-state index is 0.896. The molecule has 0 saturated heterocycles. The maximum absolute atomic E-state index is 6.97. The second kappa shape index (κ2) is 12.0. The summed E-state index contributed by atoms with van der Waals surface area (Å²) in [7, 11) is 0. The third-order valence-electron chi connectivity index (χ3n) is 10.1. The van der Waals surface area contributed by atoms with Gasteiger partial charge in [-0.3, -0.25) is 0 Å². The van der Waals surface area contributed by atoms with Crippen molar-refractivity contribution in [3.8, 4) is 55.8 Å². The molecular weight excluding hydrogens is 619 g/mol. The first kappa shape index (κ1) is 29.2. The Balaban J connectivity index is 1.12. The SMILES string of the molecule is c1ccc(-c2cc(-c3ccccc3)cc(-c3ccc(-c4cccc5c4oc4c5ccc5c(-c6ccccc6)nc6ccccc6c54)cc3)c2)cc1. The zero-order chi connectivity index (χ0) is 33.7. The third kappa shape index (κ3) is 5.00. The number of para-hydroxylation sites is 2. The lowest BCUT2D eigenvalue weighted by Gasteiger charge is -2.12. The van der Waals surface area contributed by atoms with E-state index in [-0.39, 0.29) is 0 Å². The van der Waals surface area contributed by atoms with Gasteiger partial charge in [0.1, 0.15) is 11.2 Å². The minimum atomic E-state index is 0.896. The maximum Gasteiger partial charge on any atom is 0.144 e. The van der Waals surface area contributed by atoms with E-state index in [1.54, 1.807) is 0 Å². The van der Waals surface area contributed by atoms with Crippen molar-refractivity contribution in [2.75, 3.05) is 0 Å². The molecule has 10 aromatic rings. The molecule has 0 fully saturated rings. The van der Waals surface area contributed by atoms with Gasteiger partial charge in [-0.15, -0.1) is 0 Å². The van der Waals surface area contributed by atoms with E-state index in [2.05, 4.69) is 182 Å². The van der Waals surface area contributed by atoms with Gasteiger partial charge in [-0.25, -0.2) is 4.98 Å². The van der Waals surface area contributed by atoms with Gasteiger partial charge in [-0.2, -0.15) is 0 Å². The molecule has 0 radical (unpaired) electrons. The van der Waals surface area contributed by atoms with Crippen LogP contribution in [0, 0.1) is 0 Å². The number of hydrogen-bond donors (Lipinski definition) is 0. The molecule has 238 valence electrons. The Morgan fingerprint density at radius 2 is 0.804 bits per heavy atom. The first-order valence-electron chi connectivity index (χ1n) is 17.4. The average molecular weight is 650 g/mol. The topological polar surface area (TPSA) is 26.0 Å². The highest BCUT2D eigenvalue weighted by molar-refractivity contribution is 6.25. The molecule has 2 heteroatoms. The quantitative estimate of drug-likeness (QED) is 0.173. The molecule has 0 saturated carbocycles. The van der Waals surface area contributed by atoms with Crippen LogP contribution in [0.5, 0.6) is 0 Å². The summed E-state index contributed by atoms with van der Waals surface area (Å²) in [6, 6.07) is 66.7. The number of benzene rings is 8. The van der Waals surface area contributed by atoms with Crippen molar-refractivity contribution in [3.05, 3.63) is 188 Å². The fourth-order valence-electron chi connectivity index (χ4n) is 7.56. The molecule has 0 atom stereocenters. The maximum atomic E-state index is 6.97. The van der Waals surface area contributed by atoms with Gasteiger partial charge in [-0.1, -0.05) is 158 Å². The summed E-state index contributed by atoms with van der Waals surface area (Å²) < 4.78 is 6.97. The summed E-state index contributed by atoms with van der Waals surface area (Å²) in [5.74, 6) is 0. The Morgan fingerprint density at radius 1 is 0.314 bits per heavy atom. The van der Waals surface area contributed by atoms with E-state index in [0.29, 0.717) is 0 Å². The molecule has 2 nitrogen and oxygen atoms in total. The van der Waals surface area contributed by atoms with Crippen molar-refractivity contribution < 1.29 is 4.42 Å². The van der Waals surface area contributed by atoms with Crippen LogP contribution in [0.2, 0.25) is 0 Å². The smallest absolute Gasteiger partial charge is 0.144 e. The summed E-state index contributed by atoms with van der Waals surface area (Å²) in [5, 5.41) is 5.50. The van der Waals surface area contributed by atoms with Gasteiger partial charge in [-0.05, 0) is 69.3 Å². The van der Waals surface area contributed by atoms with Crippen LogP contribution >= 0.6 is 0 Å². The van der Waals surface area contributed by atoms with Crippen LogP contribution < -0.4 is 0 Å². The fourth-order valence-corrected chi connectivity index (χ4v) is 7.56. The zero-order valence-electron chi connectivity index (χ0n) is 27.8. The lowest BCUT2D eigenvalue weighted by molar-refractivity contribution is 0.674. The molecule has 0 amide bonds. The Morgan fingerprint density at radius 3 is 1.45 bits per heavy atom. The Bertz CT molecular complexity index is 2810. The van der Waals surface area contributed by atoms with E-state index in [9.17, 15) is 0 Å². The molecule has 0 unspecified atom stereocenters. The zero-order valence-corrected chi connectivity index (χ0v) is 27.8. The first-order valence-corrected chi connectivity index (χ1v) is 17.4. The highest BCUT2D eigenvalue weighted by atomic mass is 16.3. The number of rotatable bonds is 5. The van der Waals surface area contributed by atoms with Crippen LogP contribution in [-0.2, 0) is 0 Å². The molecule has 10 rings (SSSR count). The largest absolute Gasteiger partial charge is 0.455 e. The van der Waals surface area contributed by atoms with Crippen molar-refractivity contribution in [3.63, 3.8) is 0 Å². The normalized spacial score (nSPS) is 11.5. The predicted molar refractivity (Wildman–Crippen MR) is 214 cm³/mol. The van der Waals surface area contributed by atoms with Gasteiger partial charge in [0, 0.05) is 38.1 Å². The summed E-state index contributed by atoms with van der Waals surface area (Å²) in [4.78, 5) is 5.14. The van der Waals surface area contributed by atoms with Gasteiger partial charge in [0.05, 0.1) is 11.2 Å². The van der Waals surface area contributed by atoms with Gasteiger partial charge in [0.2, 0.25) is 0 Å². The Kier molecular flexibility index (Phi) is 6.85. The average Bonchev–Trinajstić information content (AvgIpc) is 3.61. The monoisotopic (exact) mass is 649 g/mol. The number of fused-ring (bicyclic) bond motifs is 7. The molecule has 0 spiro atoms. The van der Waals surface area contributed by atoms with Gasteiger partial charge in [0.25, 0.3) is 0 Å². The van der Waals surface area contributed by atoms with Crippen LogP contribution in [0.1, 0.15) is 0 Å². The lowest BCUT2D eigenvalue weighted by atomic mass is 9.92. The van der Waals surface area contributed by atoms with Crippen LogP contribution in [0.4, 0.5) is 0 Å². The van der Waals surface area contributed by atoms with Crippen molar-refractivity contribution in [2.45, 2.75) is 0 Å². The molecule has 0 aliphatic carbocycles. The van der Waals surface area contributed by atoms with Crippen LogP contribution in [-0.4, -0.2) is 4.98 Å². The highest BCUT2D eigenvalue weighted by Gasteiger charge is 2.19. The van der Waals surface area contributed by atoms with Crippen LogP contribution in [0.3, 0.4) is 0 Å². The standard InChI is InChI=1S/C49H31NO/c1-4-13-32(14-5-1)37-29-38(33-15-6-2-7-16-33)31-39(30-37)34-23-25-35(26-24-34)40-20-12-21-41-42-27-28-44-46(49(42)51-48(40)41)43-19-10-11-22-45(43)50-47(44)36-17-8-3-9-18-36/h1-31H. The van der Waals surface area contributed by atoms with Crippen molar-refractivity contribution >= 4 is 43.6 Å². The molecule has 0 aliphatic rings. The van der Waals surface area contributed by atoms with Gasteiger partial charge >= 0.3 is 0 Å². The molecule has 0 aliphatic heterocycles. The second-order valence-corrected chi connectivity index (χ2v) is 13.1. The summed E-state index contributed by atoms with van der Waals surface area (Å²) in [6.45, 7) is 0. The number of hydrogen-bond acceptors (Lipinski definition) is 2. The lowest BCUT2D eigenvalue weighted by Crippen LogP contribution is -1.89. The Hall–Kier alpha value is -6.77. The molecule has 0 N–H and O–H groups in total. The highest BCUT2D eigenvalue weighted by Crippen LogP contribution is 2.43. The minimum Gasteiger partial charge on any atom is -0.455 e. The van der Waals surface area contributed by atoms with Crippen LogP contribution in [0.15, 0.2) is 192 Å². The summed E-state index contributed by atoms with van der Waals surface area (Å²) >= 11 is 0. The Labute approximate surface area is 295 Å². The number of nitrogens with zero attached hydrogens (tertiary/aromatic N) is 1. The van der Waals surface area contributed by atoms with E-state index in [1.807, 2.05) is 6.07 Å². The summed E-state index contributed by atoms with van der Waals surface area (Å²) in [5.41, 5.74) is 14.2. The van der Waals surface area contributed by atoms with Gasteiger partial charge < -0.3 is 4.42 Å². The molecular formula is C49H31NO. The van der Waals surface area contributed by atoms with Crippen molar-refractivity contribution in [1.82, 2.24) is 4.98 Å². The third-order valence-corrected chi connectivity index (χ3v) is 10.1. The van der Waals surface area contributed by atoms with E-state index < -0.39 is 0 Å². The van der Waals surface area contributed by atoms with E-state index in [0.717, 1.165) is 66.0 Å². The van der Waals surface area contributed by atoms with Crippen LogP contribution in [0.25, 0.3) is 99.4 Å². The molecule has 2 aromatic heterocycles. The predicted octanol–water partition coefficient (Wildman–Crippen LogP) is 13.6. The van der Waals surface area contributed by atoms with E-state index in [4.69, 9.17) is 9.40 Å². The summed E-state index contributed by atoms with van der Waals surface area (Å²) in [6.07, 6.45) is 0. The first-order chi connectivity index (χ1) is 25.3. The van der Waals surface area contributed by atoms with E-state index in [1.165, 1.54) is 33.4 Å². The molecule has 8 aromatic carbocycles. The number of pyridine rings is 1. The van der Waals surface area contributed by atoms with E-state index >= 15 is 0 Å². The van der Waals surface area contributed by atoms with Crippen molar-refractivity contribution in [2.24, 2.45) is 0 Å². The second-order valence-electron chi connectivity index (χ2n) is 13.1. The van der Waals surface area contributed by atoms with Crippen molar-refractivity contribution in [1.29, 1.82) is 0 Å².